The number of nitrogens with zero attached hydrogens (tertiary/aromatic N) is 4. The van der Waals surface area contributed by atoms with Crippen LogP contribution in [0, 0.1) is 38.0 Å². The van der Waals surface area contributed by atoms with Crippen LogP contribution in [0.25, 0.3) is 10.8 Å². The highest BCUT2D eigenvalue weighted by Crippen LogP contribution is 2.56. The Morgan fingerprint density at radius 2 is 1.82 bits per heavy atom. The maximum atomic E-state index is 13.5. The van der Waals surface area contributed by atoms with Crippen molar-refractivity contribution in [2.75, 3.05) is 26.3 Å². The molecule has 2 heterocycles. The average molecular weight is 570 g/mol. The first kappa shape index (κ1) is 28.2. The quantitative estimate of drug-likeness (QED) is 0.275. The number of hydrogen-bond acceptors (Lipinski definition) is 11. The second-order valence-electron chi connectivity index (χ2n) is 10.3. The highest BCUT2D eigenvalue weighted by Gasteiger charge is 2.60. The van der Waals surface area contributed by atoms with Crippen LogP contribution in [0.5, 0.6) is 0 Å². The molecule has 0 bridgehead atoms. The third-order valence-corrected chi connectivity index (χ3v) is 9.28. The monoisotopic (exact) mass is 569 g/mol. The molecule has 16 nitrogen and oxygen atoms in total. The van der Waals surface area contributed by atoms with Gasteiger partial charge in [0.15, 0.2) is 0 Å². The van der Waals surface area contributed by atoms with Gasteiger partial charge in [0.25, 0.3) is 15.7 Å². The van der Waals surface area contributed by atoms with Crippen molar-refractivity contribution in [3.05, 3.63) is 60.5 Å². The van der Waals surface area contributed by atoms with Gasteiger partial charge in [-0.2, -0.15) is 4.31 Å². The molecule has 0 unspecified atom stereocenters. The van der Waals surface area contributed by atoms with Gasteiger partial charge in [-0.3, -0.25) is 9.59 Å². The van der Waals surface area contributed by atoms with Gasteiger partial charge < -0.3 is 25.1 Å². The summed E-state index contributed by atoms with van der Waals surface area (Å²) in [6, 6.07) is 4.00. The number of aliphatic carboxylic acids is 1. The zero-order chi connectivity index (χ0) is 28.8. The highest BCUT2D eigenvalue weighted by molar-refractivity contribution is 7.89. The van der Waals surface area contributed by atoms with E-state index in [0.29, 0.717) is 12.0 Å². The van der Waals surface area contributed by atoms with E-state index >= 15 is 0 Å². The Morgan fingerprint density at radius 1 is 1.21 bits per heavy atom. The zero-order valence-electron chi connectivity index (χ0n) is 20.8. The van der Waals surface area contributed by atoms with Crippen LogP contribution >= 0.6 is 0 Å². The van der Waals surface area contributed by atoms with Crippen molar-refractivity contribution in [2.45, 2.75) is 43.7 Å². The molecular formula is C22H27N5O11S. The summed E-state index contributed by atoms with van der Waals surface area (Å²) in [5.74, 6) is -1.31. The number of carboxylic acids is 1. The molecule has 1 aromatic carbocycles. The van der Waals surface area contributed by atoms with E-state index < -0.39 is 55.8 Å². The van der Waals surface area contributed by atoms with Gasteiger partial charge in [-0.1, -0.05) is 6.07 Å². The van der Waals surface area contributed by atoms with E-state index in [1.165, 1.54) is 28.7 Å². The predicted molar refractivity (Wildman–Crippen MR) is 132 cm³/mol. The second-order valence-corrected chi connectivity index (χ2v) is 12.2. The van der Waals surface area contributed by atoms with Crippen molar-refractivity contribution < 1.29 is 38.2 Å². The van der Waals surface area contributed by atoms with Crippen molar-refractivity contribution >= 4 is 26.8 Å². The summed E-state index contributed by atoms with van der Waals surface area (Å²) < 4.78 is 29.2. The minimum atomic E-state index is -3.96. The van der Waals surface area contributed by atoms with Gasteiger partial charge in [0.05, 0.1) is 10.3 Å². The van der Waals surface area contributed by atoms with E-state index in [0.717, 1.165) is 4.57 Å². The van der Waals surface area contributed by atoms with E-state index in [9.17, 15) is 43.3 Å². The molecule has 4 rings (SSSR count). The summed E-state index contributed by atoms with van der Waals surface area (Å²) in [4.78, 5) is 56.0. The van der Waals surface area contributed by atoms with Crippen LogP contribution in [0.2, 0.25) is 0 Å². The van der Waals surface area contributed by atoms with Crippen LogP contribution in [-0.2, 0) is 31.0 Å². The van der Waals surface area contributed by atoms with E-state index in [4.69, 9.17) is 5.73 Å². The van der Waals surface area contributed by atoms with Gasteiger partial charge in [-0.15, -0.1) is 20.2 Å². The van der Waals surface area contributed by atoms with Crippen LogP contribution in [0.15, 0.2) is 34.1 Å². The molecule has 0 spiro atoms. The summed E-state index contributed by atoms with van der Waals surface area (Å²) in [6.07, 6.45) is 1.27. The maximum Gasteiger partial charge on any atom is 0.311 e. The van der Waals surface area contributed by atoms with Crippen molar-refractivity contribution in [1.82, 2.24) is 8.87 Å². The largest absolute Gasteiger partial charge is 0.481 e. The zero-order valence-corrected chi connectivity index (χ0v) is 21.7. The standard InChI is InChI=1S/C22H27N5O11S/c1-14-7-24(11-22(20(29)30)9-21(10-22,12-37-26(31)32)13-38-27(33)34)19(28)16-3-2-4-17(18(14)16)39(35,36)25-6-5-15(23)8-25/h2-4,7,15H,5-6,8-13,23H2,1H3,(H,29,30)/t15-/m0/s1. The van der Waals surface area contributed by atoms with Gasteiger partial charge >= 0.3 is 5.97 Å². The Balaban J connectivity index is 1.70. The second kappa shape index (κ2) is 10.0. The number of pyridine rings is 1. The van der Waals surface area contributed by atoms with Crippen LogP contribution in [0.1, 0.15) is 24.8 Å². The number of nitrogens with two attached hydrogens (primary N) is 1. The smallest absolute Gasteiger partial charge is 0.311 e. The lowest BCUT2D eigenvalue weighted by Crippen LogP contribution is -2.58. The van der Waals surface area contributed by atoms with Crippen LogP contribution in [-0.4, -0.2) is 70.9 Å². The molecule has 1 aliphatic carbocycles. The average Bonchev–Trinajstić information content (AvgIpc) is 3.29. The molecule has 1 atom stereocenters. The van der Waals surface area contributed by atoms with Gasteiger partial charge in [0.1, 0.15) is 13.2 Å². The Labute approximate surface area is 221 Å². The molecule has 2 aliphatic rings. The number of hydrogen-bond donors (Lipinski definition) is 2. The Kier molecular flexibility index (Phi) is 7.26. The number of sulfonamides is 1. The summed E-state index contributed by atoms with van der Waals surface area (Å²) in [7, 11) is -3.96. The summed E-state index contributed by atoms with van der Waals surface area (Å²) >= 11 is 0. The third-order valence-electron chi connectivity index (χ3n) is 7.37. The van der Waals surface area contributed by atoms with Gasteiger partial charge in [0, 0.05) is 48.1 Å². The fourth-order valence-corrected chi connectivity index (χ4v) is 7.53. The van der Waals surface area contributed by atoms with Crippen molar-refractivity contribution in [2.24, 2.45) is 16.6 Å². The number of carbonyl (C=O) groups is 1. The minimum absolute atomic E-state index is 0.0553. The first-order valence-corrected chi connectivity index (χ1v) is 13.3. The van der Waals surface area contributed by atoms with E-state index in [2.05, 4.69) is 9.68 Å². The molecule has 2 fully saturated rings. The summed E-state index contributed by atoms with van der Waals surface area (Å²) in [5, 5.41) is 29.6. The van der Waals surface area contributed by atoms with Gasteiger partial charge in [-0.05, 0) is 43.9 Å². The van der Waals surface area contributed by atoms with Crippen molar-refractivity contribution in [1.29, 1.82) is 0 Å². The Hall–Kier alpha value is -3.83. The maximum absolute atomic E-state index is 13.5. The van der Waals surface area contributed by atoms with Crippen molar-refractivity contribution in [3.63, 3.8) is 0 Å². The molecule has 1 aromatic heterocycles. The lowest BCUT2D eigenvalue weighted by Gasteiger charge is -2.52. The lowest BCUT2D eigenvalue weighted by molar-refractivity contribution is -0.773. The molecule has 1 saturated carbocycles. The molecule has 0 amide bonds. The number of rotatable bonds is 11. The predicted octanol–water partition coefficient (Wildman–Crippen LogP) is 0.299. The molecule has 1 saturated heterocycles. The molecule has 2 aromatic rings. The minimum Gasteiger partial charge on any atom is -0.481 e. The molecule has 39 heavy (non-hydrogen) atoms. The van der Waals surface area contributed by atoms with E-state index in [1.807, 2.05) is 0 Å². The number of aromatic nitrogens is 1. The fraction of sp³-hybridized carbons (Fsp3) is 0.545. The molecule has 17 heteroatoms. The topological polar surface area (TPSA) is 227 Å². The van der Waals surface area contributed by atoms with Crippen molar-refractivity contribution in [3.8, 4) is 0 Å². The molecule has 3 N–H and O–H groups in total. The highest BCUT2D eigenvalue weighted by atomic mass is 32.2. The van der Waals surface area contributed by atoms with Crippen LogP contribution in [0.4, 0.5) is 0 Å². The lowest BCUT2D eigenvalue weighted by atomic mass is 9.53. The number of fused-ring (bicyclic) bond motifs is 1. The number of aryl methyl sites for hydroxylation is 1. The summed E-state index contributed by atoms with van der Waals surface area (Å²) in [6.45, 7) is 0.374. The SMILES string of the molecule is Cc1cn(CC2(C(=O)O)CC(CO[N+](=O)[O-])(CO[N+](=O)[O-])C2)c(=O)c2cccc(S(=O)(=O)N3CC[C@H](N)C3)c12. The van der Waals surface area contributed by atoms with Crippen LogP contribution < -0.4 is 11.3 Å². The normalized spacial score (nSPS) is 20.3. The first-order valence-electron chi connectivity index (χ1n) is 11.9. The fourth-order valence-electron chi connectivity index (χ4n) is 5.74. The van der Waals surface area contributed by atoms with Crippen LogP contribution in [0.3, 0.4) is 0 Å². The Morgan fingerprint density at radius 3 is 2.33 bits per heavy atom. The molecule has 0 radical (unpaired) electrons. The van der Waals surface area contributed by atoms with Gasteiger partial charge in [-0.25, -0.2) is 8.42 Å². The molecule has 212 valence electrons. The number of benzene rings is 1. The summed E-state index contributed by atoms with van der Waals surface area (Å²) in [5.41, 5.74) is 2.71. The first-order chi connectivity index (χ1) is 18.2. The third kappa shape index (κ3) is 5.24. The van der Waals surface area contributed by atoms with Gasteiger partial charge in [0.2, 0.25) is 10.0 Å². The molecular weight excluding hydrogens is 542 g/mol. The van der Waals surface area contributed by atoms with E-state index in [1.54, 1.807) is 6.92 Å². The van der Waals surface area contributed by atoms with E-state index in [-0.39, 0.29) is 54.2 Å². The molecule has 1 aliphatic heterocycles. The Bertz CT molecular complexity index is 1480. The number of carboxylic acid groups (broad SMARTS) is 1.